The molecule has 32 heavy (non-hydrogen) atoms. The topological polar surface area (TPSA) is 84.2 Å². The maximum absolute atomic E-state index is 15.4. The van der Waals surface area contributed by atoms with Gasteiger partial charge in [-0.15, -0.1) is 0 Å². The zero-order valence-electron chi connectivity index (χ0n) is 17.8. The van der Waals surface area contributed by atoms with Gasteiger partial charge in [0.2, 0.25) is 12.3 Å². The highest BCUT2D eigenvalue weighted by Crippen LogP contribution is 2.59. The summed E-state index contributed by atoms with van der Waals surface area (Å²) in [4.78, 5) is 24.1. The normalized spacial score (nSPS) is 26.8. The van der Waals surface area contributed by atoms with Crippen LogP contribution in [0.15, 0.2) is 36.4 Å². The molecule has 5 nitrogen and oxygen atoms in total. The molecule has 2 aromatic rings. The van der Waals surface area contributed by atoms with E-state index in [0.717, 1.165) is 37.7 Å². The van der Waals surface area contributed by atoms with E-state index in [1.54, 1.807) is 24.3 Å². The van der Waals surface area contributed by atoms with Crippen molar-refractivity contribution in [3.63, 3.8) is 0 Å². The van der Waals surface area contributed by atoms with Crippen molar-refractivity contribution < 1.29 is 14.0 Å². The van der Waals surface area contributed by atoms with Crippen LogP contribution in [0.25, 0.3) is 0 Å². The maximum Gasteiger partial charge on any atom is 0.235 e. The SMILES string of the molecule is C[C@@]1(c2ccc(Cl)cc2NC=O)[C@@H](c2cccc(Cl)c2F)[C@H](C(N)=O)NC12CCCCC2. The molecule has 0 radical (unpaired) electrons. The Morgan fingerprint density at radius 3 is 2.59 bits per heavy atom. The van der Waals surface area contributed by atoms with E-state index in [2.05, 4.69) is 10.6 Å². The summed E-state index contributed by atoms with van der Waals surface area (Å²) in [7, 11) is 0. The first-order valence-electron chi connectivity index (χ1n) is 10.8. The van der Waals surface area contributed by atoms with Crippen LogP contribution in [0.2, 0.25) is 10.0 Å². The van der Waals surface area contributed by atoms with Crippen LogP contribution in [-0.2, 0) is 15.0 Å². The van der Waals surface area contributed by atoms with Crippen LogP contribution in [0.4, 0.5) is 10.1 Å². The number of halogens is 3. The van der Waals surface area contributed by atoms with Crippen molar-refractivity contribution in [3.8, 4) is 0 Å². The molecule has 2 amide bonds. The Hall–Kier alpha value is -2.15. The Labute approximate surface area is 196 Å². The van der Waals surface area contributed by atoms with E-state index in [0.29, 0.717) is 22.7 Å². The van der Waals surface area contributed by atoms with Gasteiger partial charge in [0.05, 0.1) is 11.1 Å². The summed E-state index contributed by atoms with van der Waals surface area (Å²) in [5, 5.41) is 6.74. The van der Waals surface area contributed by atoms with Crippen molar-refractivity contribution in [2.24, 2.45) is 5.73 Å². The number of rotatable bonds is 5. The summed E-state index contributed by atoms with van der Waals surface area (Å²) in [6.07, 6.45) is 5.17. The number of primary amides is 1. The van der Waals surface area contributed by atoms with Gasteiger partial charge >= 0.3 is 0 Å². The fourth-order valence-electron chi connectivity index (χ4n) is 6.05. The fourth-order valence-corrected chi connectivity index (χ4v) is 6.40. The molecule has 1 saturated heterocycles. The summed E-state index contributed by atoms with van der Waals surface area (Å²) < 4.78 is 15.4. The molecule has 170 valence electrons. The molecule has 2 aromatic carbocycles. The monoisotopic (exact) mass is 477 g/mol. The highest BCUT2D eigenvalue weighted by molar-refractivity contribution is 6.31. The van der Waals surface area contributed by atoms with E-state index in [1.807, 2.05) is 13.0 Å². The van der Waals surface area contributed by atoms with Crippen LogP contribution in [0.5, 0.6) is 0 Å². The minimum Gasteiger partial charge on any atom is -0.368 e. The Balaban J connectivity index is 2.04. The molecule has 1 heterocycles. The quantitative estimate of drug-likeness (QED) is 0.535. The van der Waals surface area contributed by atoms with Gasteiger partial charge in [0.25, 0.3) is 0 Å². The lowest BCUT2D eigenvalue weighted by Gasteiger charge is -2.49. The van der Waals surface area contributed by atoms with Gasteiger partial charge in [0, 0.05) is 27.6 Å². The van der Waals surface area contributed by atoms with Gasteiger partial charge in [-0.25, -0.2) is 4.39 Å². The molecule has 8 heteroatoms. The fraction of sp³-hybridized carbons (Fsp3) is 0.417. The molecular formula is C24H26Cl2FN3O2. The van der Waals surface area contributed by atoms with E-state index < -0.39 is 34.6 Å². The van der Waals surface area contributed by atoms with Crippen molar-refractivity contribution in [2.75, 3.05) is 5.32 Å². The van der Waals surface area contributed by atoms with Gasteiger partial charge in [-0.3, -0.25) is 14.9 Å². The first kappa shape index (κ1) is 23.0. The average Bonchev–Trinajstić information content (AvgIpc) is 3.00. The van der Waals surface area contributed by atoms with Gasteiger partial charge in [0.15, 0.2) is 0 Å². The standard InChI is InChI=1S/C24H26Cl2FN3O2/c1-23(16-9-8-14(25)12-18(16)29-13-31)19(15-6-5-7-17(26)20(15)27)21(22(28)32)30-24(23)10-3-2-4-11-24/h5-9,12-13,19,21,30H,2-4,10-11H2,1H3,(H2,28,32)(H,29,31)/t19-,21+,23+/m0/s1. The van der Waals surface area contributed by atoms with E-state index >= 15 is 4.39 Å². The number of amides is 2. The van der Waals surface area contributed by atoms with Crippen LogP contribution in [-0.4, -0.2) is 23.9 Å². The number of carbonyl (C=O) groups excluding carboxylic acids is 2. The molecule has 3 atom stereocenters. The van der Waals surface area contributed by atoms with Crippen LogP contribution >= 0.6 is 23.2 Å². The smallest absolute Gasteiger partial charge is 0.235 e. The lowest BCUT2D eigenvalue weighted by Crippen LogP contribution is -2.56. The predicted octanol–water partition coefficient (Wildman–Crippen LogP) is 4.90. The Morgan fingerprint density at radius 2 is 1.94 bits per heavy atom. The summed E-state index contributed by atoms with van der Waals surface area (Å²) in [6, 6.07) is 9.28. The molecule has 1 aliphatic carbocycles. The number of carbonyl (C=O) groups is 2. The van der Waals surface area contributed by atoms with Crippen molar-refractivity contribution in [1.82, 2.24) is 5.32 Å². The van der Waals surface area contributed by atoms with E-state index in [-0.39, 0.29) is 5.02 Å². The number of anilines is 1. The summed E-state index contributed by atoms with van der Waals surface area (Å²) in [5.41, 5.74) is 6.17. The number of nitrogens with two attached hydrogens (primary N) is 1. The highest BCUT2D eigenvalue weighted by Gasteiger charge is 2.64. The zero-order chi connectivity index (χ0) is 23.1. The van der Waals surface area contributed by atoms with Crippen molar-refractivity contribution in [2.45, 2.75) is 61.9 Å². The molecular weight excluding hydrogens is 452 g/mol. The highest BCUT2D eigenvalue weighted by atomic mass is 35.5. The lowest BCUT2D eigenvalue weighted by molar-refractivity contribution is -0.120. The predicted molar refractivity (Wildman–Crippen MR) is 125 cm³/mol. The van der Waals surface area contributed by atoms with E-state index in [4.69, 9.17) is 28.9 Å². The number of hydrogen-bond acceptors (Lipinski definition) is 3. The minimum absolute atomic E-state index is 0.0139. The molecule has 1 aliphatic heterocycles. The van der Waals surface area contributed by atoms with Crippen molar-refractivity contribution in [3.05, 3.63) is 63.4 Å². The minimum atomic E-state index is -0.814. The third-order valence-corrected chi connectivity index (χ3v) is 7.99. The molecule has 0 bridgehead atoms. The molecule has 0 aromatic heterocycles. The molecule has 1 saturated carbocycles. The van der Waals surface area contributed by atoms with Gasteiger partial charge in [-0.1, -0.05) is 67.6 Å². The Kier molecular flexibility index (Phi) is 6.23. The molecule has 4 N–H and O–H groups in total. The van der Waals surface area contributed by atoms with Crippen molar-refractivity contribution in [1.29, 1.82) is 0 Å². The Morgan fingerprint density at radius 1 is 1.22 bits per heavy atom. The summed E-state index contributed by atoms with van der Waals surface area (Å²) >= 11 is 12.4. The Bertz CT molecular complexity index is 1060. The first-order chi connectivity index (χ1) is 15.2. The number of benzene rings is 2. The summed E-state index contributed by atoms with van der Waals surface area (Å²) in [5.74, 6) is -1.77. The second-order valence-electron chi connectivity index (χ2n) is 8.94. The van der Waals surface area contributed by atoms with E-state index in [1.165, 1.54) is 6.07 Å². The third kappa shape index (κ3) is 3.49. The maximum atomic E-state index is 15.4. The molecule has 4 rings (SSSR count). The third-order valence-electron chi connectivity index (χ3n) is 7.47. The van der Waals surface area contributed by atoms with Gasteiger partial charge in [0.1, 0.15) is 5.82 Å². The second-order valence-corrected chi connectivity index (χ2v) is 9.79. The van der Waals surface area contributed by atoms with Crippen molar-refractivity contribution >= 4 is 41.2 Å². The zero-order valence-corrected chi connectivity index (χ0v) is 19.3. The van der Waals surface area contributed by atoms with Crippen LogP contribution in [0, 0.1) is 5.82 Å². The average molecular weight is 478 g/mol. The van der Waals surface area contributed by atoms with Crippen LogP contribution in [0.3, 0.4) is 0 Å². The second kappa shape index (κ2) is 8.65. The van der Waals surface area contributed by atoms with Crippen LogP contribution in [0.1, 0.15) is 56.1 Å². The molecule has 2 aliphatic rings. The van der Waals surface area contributed by atoms with Gasteiger partial charge in [-0.2, -0.15) is 0 Å². The van der Waals surface area contributed by atoms with Gasteiger partial charge < -0.3 is 11.1 Å². The number of hydrogen-bond donors (Lipinski definition) is 3. The molecule has 0 unspecified atom stereocenters. The van der Waals surface area contributed by atoms with Crippen LogP contribution < -0.4 is 16.4 Å². The first-order valence-corrected chi connectivity index (χ1v) is 11.5. The van der Waals surface area contributed by atoms with Gasteiger partial charge in [-0.05, 0) is 42.2 Å². The summed E-state index contributed by atoms with van der Waals surface area (Å²) in [6.45, 7) is 2.03. The molecule has 1 spiro atoms. The largest absolute Gasteiger partial charge is 0.368 e. The molecule has 2 fully saturated rings. The number of nitrogens with one attached hydrogen (secondary N) is 2. The van der Waals surface area contributed by atoms with E-state index in [9.17, 15) is 9.59 Å². The lowest BCUT2D eigenvalue weighted by atomic mass is 9.56.